The van der Waals surface area contributed by atoms with Crippen LogP contribution in [0.5, 0.6) is 5.75 Å². The van der Waals surface area contributed by atoms with E-state index in [-0.39, 0.29) is 12.5 Å². The smallest absolute Gasteiger partial charge is 0.320 e. The Bertz CT molecular complexity index is 434. The molecule has 0 atom stereocenters. The lowest BCUT2D eigenvalue weighted by atomic mass is 10.3. The highest BCUT2D eigenvalue weighted by atomic mass is 35.5. The standard InChI is InChI=1S/C16H22ClNO3/c1-3-10-18(13-16(19)20-4-2)11-5-12-21-15-8-6-14(17)7-9-15/h3,6-9H,1,4-5,10-13H2,2H3. The van der Waals surface area contributed by atoms with Gasteiger partial charge in [-0.1, -0.05) is 17.7 Å². The van der Waals surface area contributed by atoms with Crippen molar-refractivity contribution in [1.82, 2.24) is 4.90 Å². The Hall–Kier alpha value is -1.52. The van der Waals surface area contributed by atoms with E-state index in [0.717, 1.165) is 18.7 Å². The number of rotatable bonds is 10. The van der Waals surface area contributed by atoms with Gasteiger partial charge in [-0.25, -0.2) is 0 Å². The van der Waals surface area contributed by atoms with Crippen LogP contribution in [-0.4, -0.2) is 43.7 Å². The van der Waals surface area contributed by atoms with Crippen molar-refractivity contribution in [2.24, 2.45) is 0 Å². The number of carbonyl (C=O) groups excluding carboxylic acids is 1. The highest BCUT2D eigenvalue weighted by Crippen LogP contribution is 2.15. The van der Waals surface area contributed by atoms with Gasteiger partial charge in [0.05, 0.1) is 19.8 Å². The maximum absolute atomic E-state index is 11.5. The summed E-state index contributed by atoms with van der Waals surface area (Å²) >= 11 is 5.81. The molecule has 0 spiro atoms. The molecular weight excluding hydrogens is 290 g/mol. The summed E-state index contributed by atoms with van der Waals surface area (Å²) in [4.78, 5) is 13.5. The monoisotopic (exact) mass is 311 g/mol. The first-order valence-corrected chi connectivity index (χ1v) is 7.40. The molecule has 0 aliphatic carbocycles. The molecule has 0 radical (unpaired) electrons. The van der Waals surface area contributed by atoms with Crippen molar-refractivity contribution in [3.8, 4) is 5.75 Å². The lowest BCUT2D eigenvalue weighted by molar-refractivity contribution is -0.144. The fourth-order valence-electron chi connectivity index (χ4n) is 1.82. The second kappa shape index (κ2) is 10.2. The van der Waals surface area contributed by atoms with Crippen LogP contribution in [0.2, 0.25) is 5.02 Å². The van der Waals surface area contributed by atoms with E-state index in [1.807, 2.05) is 17.0 Å². The molecule has 21 heavy (non-hydrogen) atoms. The summed E-state index contributed by atoms with van der Waals surface area (Å²) in [6, 6.07) is 7.26. The minimum atomic E-state index is -0.210. The van der Waals surface area contributed by atoms with Gasteiger partial charge in [-0.3, -0.25) is 9.69 Å². The minimum absolute atomic E-state index is 0.210. The van der Waals surface area contributed by atoms with E-state index in [1.54, 1.807) is 25.1 Å². The van der Waals surface area contributed by atoms with Gasteiger partial charge < -0.3 is 9.47 Å². The Morgan fingerprint density at radius 3 is 2.71 bits per heavy atom. The zero-order chi connectivity index (χ0) is 15.5. The molecule has 0 aliphatic rings. The molecule has 116 valence electrons. The molecule has 0 bridgehead atoms. The molecule has 0 amide bonds. The van der Waals surface area contributed by atoms with Gasteiger partial charge in [-0.15, -0.1) is 6.58 Å². The Morgan fingerprint density at radius 1 is 1.38 bits per heavy atom. The number of esters is 1. The molecule has 1 aromatic rings. The van der Waals surface area contributed by atoms with Crippen LogP contribution in [0.15, 0.2) is 36.9 Å². The summed E-state index contributed by atoms with van der Waals surface area (Å²) < 4.78 is 10.6. The van der Waals surface area contributed by atoms with E-state index in [9.17, 15) is 4.79 Å². The van der Waals surface area contributed by atoms with Gasteiger partial charge in [0.15, 0.2) is 0 Å². The molecule has 0 N–H and O–H groups in total. The number of ether oxygens (including phenoxy) is 2. The predicted octanol–water partition coefficient (Wildman–Crippen LogP) is 3.16. The third kappa shape index (κ3) is 7.73. The number of hydrogen-bond donors (Lipinski definition) is 0. The molecule has 0 fully saturated rings. The van der Waals surface area contributed by atoms with Crippen molar-refractivity contribution in [3.05, 3.63) is 41.9 Å². The summed E-state index contributed by atoms with van der Waals surface area (Å²) in [5, 5.41) is 0.689. The zero-order valence-corrected chi connectivity index (χ0v) is 13.1. The SMILES string of the molecule is C=CCN(CCCOc1ccc(Cl)cc1)CC(=O)OCC. The molecule has 1 rings (SSSR count). The summed E-state index contributed by atoms with van der Waals surface area (Å²) in [5.74, 6) is 0.582. The third-order valence-corrected chi connectivity index (χ3v) is 3.00. The van der Waals surface area contributed by atoms with Gasteiger partial charge in [0.2, 0.25) is 0 Å². The van der Waals surface area contributed by atoms with Gasteiger partial charge in [-0.05, 0) is 37.6 Å². The summed E-state index contributed by atoms with van der Waals surface area (Å²) in [6.45, 7) is 8.17. The predicted molar refractivity (Wildman–Crippen MR) is 84.8 cm³/mol. The maximum atomic E-state index is 11.5. The Kier molecular flexibility index (Phi) is 8.55. The van der Waals surface area contributed by atoms with Crippen LogP contribution in [-0.2, 0) is 9.53 Å². The van der Waals surface area contributed by atoms with Crippen LogP contribution in [0.1, 0.15) is 13.3 Å². The van der Waals surface area contributed by atoms with Crippen molar-refractivity contribution in [2.75, 3.05) is 32.8 Å². The summed E-state index contributed by atoms with van der Waals surface area (Å²) in [5.41, 5.74) is 0. The molecule has 0 heterocycles. The Labute approximate surface area is 131 Å². The van der Waals surface area contributed by atoms with Gasteiger partial charge in [0.25, 0.3) is 0 Å². The van der Waals surface area contributed by atoms with E-state index in [2.05, 4.69) is 6.58 Å². The van der Waals surface area contributed by atoms with E-state index in [4.69, 9.17) is 21.1 Å². The van der Waals surface area contributed by atoms with E-state index in [0.29, 0.717) is 24.8 Å². The highest BCUT2D eigenvalue weighted by molar-refractivity contribution is 6.30. The number of benzene rings is 1. The average Bonchev–Trinajstić information content (AvgIpc) is 2.46. The van der Waals surface area contributed by atoms with Gasteiger partial charge in [-0.2, -0.15) is 0 Å². The van der Waals surface area contributed by atoms with Crippen molar-refractivity contribution in [1.29, 1.82) is 0 Å². The zero-order valence-electron chi connectivity index (χ0n) is 12.4. The molecule has 1 aromatic carbocycles. The fraction of sp³-hybridized carbons (Fsp3) is 0.438. The van der Waals surface area contributed by atoms with Crippen LogP contribution in [0.3, 0.4) is 0 Å². The lowest BCUT2D eigenvalue weighted by Gasteiger charge is -2.19. The molecular formula is C16H22ClNO3. The van der Waals surface area contributed by atoms with E-state index >= 15 is 0 Å². The first kappa shape index (κ1) is 17.5. The molecule has 0 aromatic heterocycles. The molecule has 4 nitrogen and oxygen atoms in total. The number of halogens is 1. The minimum Gasteiger partial charge on any atom is -0.494 e. The molecule has 5 heteroatoms. The molecule has 0 saturated heterocycles. The first-order valence-electron chi connectivity index (χ1n) is 7.03. The number of carbonyl (C=O) groups is 1. The molecule has 0 aliphatic heterocycles. The molecule has 0 unspecified atom stereocenters. The van der Waals surface area contributed by atoms with Crippen molar-refractivity contribution in [2.45, 2.75) is 13.3 Å². The van der Waals surface area contributed by atoms with Crippen LogP contribution in [0.4, 0.5) is 0 Å². The van der Waals surface area contributed by atoms with E-state index < -0.39 is 0 Å². The van der Waals surface area contributed by atoms with Crippen LogP contribution >= 0.6 is 11.6 Å². The van der Waals surface area contributed by atoms with Crippen LogP contribution in [0, 0.1) is 0 Å². The lowest BCUT2D eigenvalue weighted by Crippen LogP contribution is -2.32. The quantitative estimate of drug-likeness (QED) is 0.378. The Balaban J connectivity index is 2.27. The van der Waals surface area contributed by atoms with Gasteiger partial charge >= 0.3 is 5.97 Å². The van der Waals surface area contributed by atoms with Gasteiger partial charge in [0.1, 0.15) is 5.75 Å². The largest absolute Gasteiger partial charge is 0.494 e. The number of nitrogens with zero attached hydrogens (tertiary/aromatic N) is 1. The fourth-order valence-corrected chi connectivity index (χ4v) is 1.94. The topological polar surface area (TPSA) is 38.8 Å². The first-order chi connectivity index (χ1) is 10.2. The maximum Gasteiger partial charge on any atom is 0.320 e. The highest BCUT2D eigenvalue weighted by Gasteiger charge is 2.09. The average molecular weight is 312 g/mol. The third-order valence-electron chi connectivity index (χ3n) is 2.75. The van der Waals surface area contributed by atoms with Crippen molar-refractivity contribution in [3.63, 3.8) is 0 Å². The van der Waals surface area contributed by atoms with E-state index in [1.165, 1.54) is 0 Å². The molecule has 0 saturated carbocycles. The van der Waals surface area contributed by atoms with Crippen molar-refractivity contribution < 1.29 is 14.3 Å². The van der Waals surface area contributed by atoms with Crippen LogP contribution < -0.4 is 4.74 Å². The second-order valence-corrected chi connectivity index (χ2v) is 4.92. The van der Waals surface area contributed by atoms with Gasteiger partial charge in [0, 0.05) is 18.1 Å². The normalized spacial score (nSPS) is 10.4. The summed E-state index contributed by atoms with van der Waals surface area (Å²) in [7, 11) is 0. The van der Waals surface area contributed by atoms with Crippen LogP contribution in [0.25, 0.3) is 0 Å². The number of hydrogen-bond acceptors (Lipinski definition) is 4. The summed E-state index contributed by atoms with van der Waals surface area (Å²) in [6.07, 6.45) is 2.59. The Morgan fingerprint density at radius 2 is 2.10 bits per heavy atom. The van der Waals surface area contributed by atoms with Crippen molar-refractivity contribution >= 4 is 17.6 Å². The second-order valence-electron chi connectivity index (χ2n) is 4.48.